The highest BCUT2D eigenvalue weighted by molar-refractivity contribution is 14.0. The Morgan fingerprint density at radius 2 is 1.91 bits per heavy atom. The number of nitrogens with zero attached hydrogens (tertiary/aromatic N) is 2. The van der Waals surface area contributed by atoms with Crippen molar-refractivity contribution in [3.05, 3.63) is 0 Å². The molecule has 1 atom stereocenters. The number of ether oxygens (including phenoxy) is 1. The van der Waals surface area contributed by atoms with Crippen molar-refractivity contribution in [1.82, 2.24) is 15.5 Å². The maximum atomic E-state index is 11.8. The molecule has 0 radical (unpaired) electrons. The lowest BCUT2D eigenvalue weighted by Gasteiger charge is -2.23. The van der Waals surface area contributed by atoms with E-state index in [9.17, 15) is 4.79 Å². The van der Waals surface area contributed by atoms with Gasteiger partial charge in [-0.05, 0) is 47.0 Å². The van der Waals surface area contributed by atoms with E-state index in [4.69, 9.17) is 4.74 Å². The standard InChI is InChI=1S/C15H28N4O2.HI/c1-5-16-13(17-11-6-7-11)19-9-8-12(10-19)18-14(20)21-15(2,3)4;/h11-12H,5-10H2,1-4H3,(H,16,17)(H,18,20);1H. The number of likely N-dealkylation sites (tertiary alicyclic amines) is 1. The predicted octanol–water partition coefficient (Wildman–Crippen LogP) is 2.33. The van der Waals surface area contributed by atoms with E-state index in [0.29, 0.717) is 6.04 Å². The van der Waals surface area contributed by atoms with Gasteiger partial charge in [0, 0.05) is 25.7 Å². The number of rotatable bonds is 3. The van der Waals surface area contributed by atoms with E-state index >= 15 is 0 Å². The number of aliphatic imine (C=N–C) groups is 1. The molecule has 1 aliphatic heterocycles. The number of hydrogen-bond donors (Lipinski definition) is 2. The molecule has 1 saturated heterocycles. The molecule has 1 amide bonds. The Morgan fingerprint density at radius 1 is 1.23 bits per heavy atom. The Bertz CT molecular complexity index is 405. The first kappa shape index (κ1) is 19.3. The fourth-order valence-electron chi connectivity index (χ4n) is 2.34. The monoisotopic (exact) mass is 424 g/mol. The van der Waals surface area contributed by atoms with Gasteiger partial charge in [0.1, 0.15) is 5.60 Å². The third-order valence-electron chi connectivity index (χ3n) is 3.43. The van der Waals surface area contributed by atoms with Crippen LogP contribution in [0.5, 0.6) is 0 Å². The lowest BCUT2D eigenvalue weighted by molar-refractivity contribution is 0.0507. The van der Waals surface area contributed by atoms with E-state index in [2.05, 4.69) is 20.5 Å². The average molecular weight is 424 g/mol. The highest BCUT2D eigenvalue weighted by Crippen LogP contribution is 2.20. The molecule has 2 rings (SSSR count). The van der Waals surface area contributed by atoms with Gasteiger partial charge in [-0.15, -0.1) is 24.0 Å². The molecule has 1 aliphatic carbocycles. The number of halogens is 1. The third-order valence-corrected chi connectivity index (χ3v) is 3.43. The minimum atomic E-state index is -0.454. The van der Waals surface area contributed by atoms with Crippen LogP contribution in [-0.2, 0) is 4.74 Å². The minimum absolute atomic E-state index is 0. The molecule has 0 aromatic heterocycles. The molecule has 2 aliphatic rings. The van der Waals surface area contributed by atoms with E-state index in [1.165, 1.54) is 12.8 Å². The second-order valence-electron chi connectivity index (χ2n) is 6.79. The number of guanidine groups is 1. The molecule has 2 N–H and O–H groups in total. The van der Waals surface area contributed by atoms with Crippen LogP contribution >= 0.6 is 24.0 Å². The van der Waals surface area contributed by atoms with Crippen LogP contribution in [0.25, 0.3) is 0 Å². The second-order valence-corrected chi connectivity index (χ2v) is 6.79. The largest absolute Gasteiger partial charge is 0.444 e. The molecule has 1 saturated carbocycles. The molecular formula is C15H29IN4O2. The van der Waals surface area contributed by atoms with Gasteiger partial charge in [0.15, 0.2) is 5.96 Å². The van der Waals surface area contributed by atoms with Crippen LogP contribution < -0.4 is 10.6 Å². The van der Waals surface area contributed by atoms with Crippen molar-refractivity contribution in [2.45, 2.75) is 64.6 Å². The van der Waals surface area contributed by atoms with Crippen molar-refractivity contribution in [2.75, 3.05) is 19.6 Å². The lowest BCUT2D eigenvalue weighted by atomic mass is 10.2. The van der Waals surface area contributed by atoms with Crippen LogP contribution in [0, 0.1) is 0 Å². The van der Waals surface area contributed by atoms with Crippen molar-refractivity contribution in [3.63, 3.8) is 0 Å². The molecular weight excluding hydrogens is 395 g/mol. The summed E-state index contributed by atoms with van der Waals surface area (Å²) in [6.07, 6.45) is 3.05. The van der Waals surface area contributed by atoms with Gasteiger partial charge in [-0.2, -0.15) is 0 Å². The Morgan fingerprint density at radius 3 is 2.45 bits per heavy atom. The summed E-state index contributed by atoms with van der Waals surface area (Å²) in [5, 5.41) is 6.42. The summed E-state index contributed by atoms with van der Waals surface area (Å²) in [5.41, 5.74) is -0.454. The Balaban J connectivity index is 0.00000242. The first-order chi connectivity index (χ1) is 9.87. The fraction of sp³-hybridized carbons (Fsp3) is 0.867. The smallest absolute Gasteiger partial charge is 0.407 e. The van der Waals surface area contributed by atoms with Crippen molar-refractivity contribution in [3.8, 4) is 0 Å². The normalized spacial score (nSPS) is 22.1. The van der Waals surface area contributed by atoms with E-state index in [-0.39, 0.29) is 36.1 Å². The molecule has 0 bridgehead atoms. The topological polar surface area (TPSA) is 66.0 Å². The van der Waals surface area contributed by atoms with Crippen LogP contribution in [0.15, 0.2) is 4.99 Å². The van der Waals surface area contributed by atoms with Crippen LogP contribution in [-0.4, -0.2) is 54.3 Å². The summed E-state index contributed by atoms with van der Waals surface area (Å²) in [5.74, 6) is 0.980. The third kappa shape index (κ3) is 6.58. The van der Waals surface area contributed by atoms with Gasteiger partial charge in [-0.3, -0.25) is 4.99 Å². The summed E-state index contributed by atoms with van der Waals surface area (Å²) in [4.78, 5) is 18.6. The van der Waals surface area contributed by atoms with Crippen molar-refractivity contribution < 1.29 is 9.53 Å². The van der Waals surface area contributed by atoms with Gasteiger partial charge >= 0.3 is 6.09 Å². The highest BCUT2D eigenvalue weighted by atomic mass is 127. The zero-order chi connectivity index (χ0) is 15.5. The number of nitrogens with one attached hydrogen (secondary N) is 2. The van der Waals surface area contributed by atoms with E-state index in [1.54, 1.807) is 0 Å². The van der Waals surface area contributed by atoms with Gasteiger partial charge in [0.05, 0.1) is 6.04 Å². The lowest BCUT2D eigenvalue weighted by Crippen LogP contribution is -2.44. The van der Waals surface area contributed by atoms with Gasteiger partial charge in [0.25, 0.3) is 0 Å². The zero-order valence-electron chi connectivity index (χ0n) is 14.0. The maximum Gasteiger partial charge on any atom is 0.407 e. The molecule has 7 heteroatoms. The van der Waals surface area contributed by atoms with Gasteiger partial charge in [0.2, 0.25) is 0 Å². The number of alkyl carbamates (subject to hydrolysis) is 1. The molecule has 0 spiro atoms. The number of carbonyl (C=O) groups is 1. The number of hydrogen-bond acceptors (Lipinski definition) is 3. The summed E-state index contributed by atoms with van der Waals surface area (Å²) < 4.78 is 5.30. The molecule has 128 valence electrons. The Hall–Kier alpha value is -0.730. The summed E-state index contributed by atoms with van der Waals surface area (Å²) in [7, 11) is 0. The fourth-order valence-corrected chi connectivity index (χ4v) is 2.34. The van der Waals surface area contributed by atoms with Crippen LogP contribution in [0.3, 0.4) is 0 Å². The molecule has 1 unspecified atom stereocenters. The molecule has 0 aromatic carbocycles. The summed E-state index contributed by atoms with van der Waals surface area (Å²) in [6.45, 7) is 10.1. The van der Waals surface area contributed by atoms with Gasteiger partial charge in [-0.1, -0.05) is 0 Å². The molecule has 6 nitrogen and oxygen atoms in total. The Kier molecular flexibility index (Phi) is 7.21. The van der Waals surface area contributed by atoms with Crippen molar-refractivity contribution in [2.24, 2.45) is 4.99 Å². The van der Waals surface area contributed by atoms with Crippen molar-refractivity contribution in [1.29, 1.82) is 0 Å². The molecule has 22 heavy (non-hydrogen) atoms. The SMILES string of the molecule is CCN=C(NC1CC1)N1CCC(NC(=O)OC(C)(C)C)C1.I. The second kappa shape index (κ2) is 8.21. The quantitative estimate of drug-likeness (QED) is 0.415. The van der Waals surface area contributed by atoms with Gasteiger partial charge in [-0.25, -0.2) is 4.79 Å². The van der Waals surface area contributed by atoms with E-state index < -0.39 is 5.60 Å². The summed E-state index contributed by atoms with van der Waals surface area (Å²) >= 11 is 0. The first-order valence-electron chi connectivity index (χ1n) is 7.93. The van der Waals surface area contributed by atoms with Crippen LogP contribution in [0.2, 0.25) is 0 Å². The minimum Gasteiger partial charge on any atom is -0.444 e. The first-order valence-corrected chi connectivity index (χ1v) is 7.93. The van der Waals surface area contributed by atoms with Crippen LogP contribution in [0.4, 0.5) is 4.79 Å². The summed E-state index contributed by atoms with van der Waals surface area (Å²) in [6, 6.07) is 0.719. The maximum absolute atomic E-state index is 11.8. The zero-order valence-corrected chi connectivity index (χ0v) is 16.3. The molecule has 0 aromatic rings. The Labute approximate surface area is 150 Å². The number of amides is 1. The molecule has 1 heterocycles. The van der Waals surface area contributed by atoms with Crippen LogP contribution in [0.1, 0.15) is 47.0 Å². The average Bonchev–Trinajstić information content (AvgIpc) is 3.04. The van der Waals surface area contributed by atoms with Crippen molar-refractivity contribution >= 4 is 36.0 Å². The predicted molar refractivity (Wildman–Crippen MR) is 98.9 cm³/mol. The van der Waals surface area contributed by atoms with E-state index in [0.717, 1.165) is 32.0 Å². The van der Waals surface area contributed by atoms with Gasteiger partial charge < -0.3 is 20.3 Å². The highest BCUT2D eigenvalue weighted by Gasteiger charge is 2.30. The van der Waals surface area contributed by atoms with E-state index in [1.807, 2.05) is 27.7 Å². The number of carbonyl (C=O) groups excluding carboxylic acids is 1. The molecule has 2 fully saturated rings.